The van der Waals surface area contributed by atoms with Crippen molar-refractivity contribution in [2.24, 2.45) is 0 Å². The number of urea groups is 1. The summed E-state index contributed by atoms with van der Waals surface area (Å²) in [5.41, 5.74) is 1.48. The van der Waals surface area contributed by atoms with E-state index in [9.17, 15) is 9.59 Å². The van der Waals surface area contributed by atoms with Gasteiger partial charge in [-0.3, -0.25) is 0 Å². The van der Waals surface area contributed by atoms with Gasteiger partial charge in [-0.15, -0.1) is 0 Å². The molecule has 0 unspecified atom stereocenters. The number of rotatable bonds is 6. The van der Waals surface area contributed by atoms with E-state index in [1.165, 1.54) is 0 Å². The lowest BCUT2D eigenvalue weighted by molar-refractivity contribution is -0.138. The van der Waals surface area contributed by atoms with Crippen molar-refractivity contribution < 1.29 is 14.3 Å². The normalized spacial score (nSPS) is 17.3. The van der Waals surface area contributed by atoms with Crippen LogP contribution in [-0.2, 0) is 9.53 Å². The average Bonchev–Trinajstić information content (AvgIpc) is 2.53. The molecule has 0 spiro atoms. The molecule has 0 aliphatic carbocycles. The van der Waals surface area contributed by atoms with Crippen LogP contribution < -0.4 is 10.6 Å². The highest BCUT2D eigenvalue weighted by Gasteiger charge is 2.32. The Morgan fingerprint density at radius 1 is 1.33 bits per heavy atom. The molecule has 24 heavy (non-hydrogen) atoms. The van der Waals surface area contributed by atoms with E-state index >= 15 is 0 Å². The van der Waals surface area contributed by atoms with E-state index in [0.717, 1.165) is 11.5 Å². The van der Waals surface area contributed by atoms with Crippen molar-refractivity contribution in [3.63, 3.8) is 0 Å². The van der Waals surface area contributed by atoms with Crippen LogP contribution in [0.25, 0.3) is 0 Å². The minimum absolute atomic E-state index is 0.316. The number of halogens is 2. The third kappa shape index (κ3) is 4.59. The van der Waals surface area contributed by atoms with Crippen molar-refractivity contribution in [2.75, 3.05) is 18.1 Å². The zero-order chi connectivity index (χ0) is 17.7. The molecule has 0 aromatic heterocycles. The standard InChI is InChI=1S/C16H18Cl2N2O3S/c1-3-24-7-6-23-15(21)13-9(2)19-16(22)20-14(13)10-4-5-11(17)12(18)8-10/h4-5,8,14H,3,6-7H2,1-2H3,(H2,19,20,22)/t14-/m0/s1. The van der Waals surface area contributed by atoms with Gasteiger partial charge in [-0.05, 0) is 30.4 Å². The minimum Gasteiger partial charge on any atom is -0.461 e. The summed E-state index contributed by atoms with van der Waals surface area (Å²) in [5.74, 6) is 1.22. The maximum absolute atomic E-state index is 12.5. The zero-order valence-electron chi connectivity index (χ0n) is 13.3. The van der Waals surface area contributed by atoms with E-state index in [1.807, 2.05) is 6.92 Å². The van der Waals surface area contributed by atoms with Crippen LogP contribution in [0.1, 0.15) is 25.5 Å². The molecule has 1 aliphatic heterocycles. The van der Waals surface area contributed by atoms with Crippen LogP contribution in [0.2, 0.25) is 10.0 Å². The molecule has 1 aliphatic rings. The maximum Gasteiger partial charge on any atom is 0.338 e. The zero-order valence-corrected chi connectivity index (χ0v) is 15.6. The predicted molar refractivity (Wildman–Crippen MR) is 97.5 cm³/mol. The van der Waals surface area contributed by atoms with Gasteiger partial charge in [0, 0.05) is 11.4 Å². The molecule has 0 fully saturated rings. The summed E-state index contributed by atoms with van der Waals surface area (Å²) in [6.45, 7) is 4.02. The van der Waals surface area contributed by atoms with Gasteiger partial charge in [-0.1, -0.05) is 36.2 Å². The number of carbonyl (C=O) groups excluding carboxylic acids is 2. The average molecular weight is 389 g/mol. The SMILES string of the molecule is CCSCCOC(=O)C1=C(C)NC(=O)N[C@H]1c1ccc(Cl)c(Cl)c1. The first-order valence-electron chi connectivity index (χ1n) is 7.42. The summed E-state index contributed by atoms with van der Waals surface area (Å²) in [7, 11) is 0. The number of carbonyl (C=O) groups is 2. The van der Waals surface area contributed by atoms with Crippen molar-refractivity contribution in [3.05, 3.63) is 45.1 Å². The predicted octanol–water partition coefficient (Wildman–Crippen LogP) is 3.92. The lowest BCUT2D eigenvalue weighted by Crippen LogP contribution is -2.45. The molecule has 0 bridgehead atoms. The number of allylic oxidation sites excluding steroid dienone is 1. The first-order valence-corrected chi connectivity index (χ1v) is 9.33. The number of ether oxygens (including phenoxy) is 1. The van der Waals surface area contributed by atoms with E-state index < -0.39 is 12.0 Å². The van der Waals surface area contributed by atoms with Crippen LogP contribution in [0.5, 0.6) is 0 Å². The molecule has 8 heteroatoms. The molecule has 0 radical (unpaired) electrons. The molecule has 0 saturated heterocycles. The van der Waals surface area contributed by atoms with Crippen LogP contribution in [-0.4, -0.2) is 30.1 Å². The molecule has 1 atom stereocenters. The van der Waals surface area contributed by atoms with Gasteiger partial charge in [0.15, 0.2) is 0 Å². The fraction of sp³-hybridized carbons (Fsp3) is 0.375. The third-order valence-electron chi connectivity index (χ3n) is 3.43. The Hall–Kier alpha value is -1.37. The van der Waals surface area contributed by atoms with E-state index in [1.54, 1.807) is 36.9 Å². The molecule has 1 aromatic carbocycles. The second-order valence-electron chi connectivity index (χ2n) is 5.08. The lowest BCUT2D eigenvalue weighted by Gasteiger charge is -2.28. The largest absolute Gasteiger partial charge is 0.461 e. The van der Waals surface area contributed by atoms with Gasteiger partial charge in [0.2, 0.25) is 0 Å². The maximum atomic E-state index is 12.5. The number of hydrogen-bond donors (Lipinski definition) is 2. The molecule has 0 saturated carbocycles. The van der Waals surface area contributed by atoms with Crippen molar-refractivity contribution in [1.29, 1.82) is 0 Å². The lowest BCUT2D eigenvalue weighted by atomic mass is 9.95. The highest BCUT2D eigenvalue weighted by Crippen LogP contribution is 2.31. The topological polar surface area (TPSA) is 67.4 Å². The summed E-state index contributed by atoms with van der Waals surface area (Å²) >= 11 is 13.7. The van der Waals surface area contributed by atoms with Crippen LogP contribution in [0.15, 0.2) is 29.5 Å². The summed E-state index contributed by atoms with van der Waals surface area (Å²) in [5, 5.41) is 6.09. The summed E-state index contributed by atoms with van der Waals surface area (Å²) in [4.78, 5) is 24.3. The van der Waals surface area contributed by atoms with Crippen molar-refractivity contribution >= 4 is 47.0 Å². The summed E-state index contributed by atoms with van der Waals surface area (Å²) < 4.78 is 5.33. The number of benzene rings is 1. The van der Waals surface area contributed by atoms with Crippen LogP contribution in [0.3, 0.4) is 0 Å². The molecular weight excluding hydrogens is 371 g/mol. The molecule has 130 valence electrons. The Kier molecular flexibility index (Phi) is 6.83. The van der Waals surface area contributed by atoms with Crippen molar-refractivity contribution in [1.82, 2.24) is 10.6 Å². The first kappa shape index (κ1) is 19.0. The van der Waals surface area contributed by atoms with Gasteiger partial charge < -0.3 is 15.4 Å². The minimum atomic E-state index is -0.639. The Morgan fingerprint density at radius 2 is 2.08 bits per heavy atom. The summed E-state index contributed by atoms with van der Waals surface area (Å²) in [6.07, 6.45) is 0. The molecule has 2 rings (SSSR count). The Labute approximate surface area is 155 Å². The highest BCUT2D eigenvalue weighted by molar-refractivity contribution is 7.99. The number of amides is 2. The van der Waals surface area contributed by atoms with Crippen LogP contribution >= 0.6 is 35.0 Å². The Balaban J connectivity index is 2.26. The molecule has 1 heterocycles. The highest BCUT2D eigenvalue weighted by atomic mass is 35.5. The molecular formula is C16H18Cl2N2O3S. The second kappa shape index (κ2) is 8.65. The summed E-state index contributed by atoms with van der Waals surface area (Å²) in [6, 6.07) is 3.95. The first-order chi connectivity index (χ1) is 11.4. The monoisotopic (exact) mass is 388 g/mol. The van der Waals surface area contributed by atoms with E-state index in [-0.39, 0.29) is 6.03 Å². The smallest absolute Gasteiger partial charge is 0.338 e. The quantitative estimate of drug-likeness (QED) is 0.572. The van der Waals surface area contributed by atoms with E-state index in [0.29, 0.717) is 33.5 Å². The fourth-order valence-corrected chi connectivity index (χ4v) is 3.12. The van der Waals surface area contributed by atoms with Gasteiger partial charge in [-0.25, -0.2) is 9.59 Å². The third-order valence-corrected chi connectivity index (χ3v) is 5.03. The molecule has 2 N–H and O–H groups in total. The second-order valence-corrected chi connectivity index (χ2v) is 7.28. The van der Waals surface area contributed by atoms with Crippen LogP contribution in [0.4, 0.5) is 4.79 Å². The van der Waals surface area contributed by atoms with Gasteiger partial charge in [0.25, 0.3) is 0 Å². The fourth-order valence-electron chi connectivity index (χ4n) is 2.32. The van der Waals surface area contributed by atoms with Gasteiger partial charge >= 0.3 is 12.0 Å². The molecule has 5 nitrogen and oxygen atoms in total. The van der Waals surface area contributed by atoms with Crippen molar-refractivity contribution in [2.45, 2.75) is 19.9 Å². The molecule has 1 aromatic rings. The van der Waals surface area contributed by atoms with Gasteiger partial charge in [-0.2, -0.15) is 11.8 Å². The Morgan fingerprint density at radius 3 is 2.75 bits per heavy atom. The van der Waals surface area contributed by atoms with Gasteiger partial charge in [0.05, 0.1) is 21.7 Å². The van der Waals surface area contributed by atoms with Crippen LogP contribution in [0, 0.1) is 0 Å². The van der Waals surface area contributed by atoms with Crippen molar-refractivity contribution in [3.8, 4) is 0 Å². The van der Waals surface area contributed by atoms with E-state index in [4.69, 9.17) is 27.9 Å². The Bertz CT molecular complexity index is 679. The van der Waals surface area contributed by atoms with Gasteiger partial charge in [0.1, 0.15) is 6.61 Å². The number of esters is 1. The van der Waals surface area contributed by atoms with E-state index in [2.05, 4.69) is 10.6 Å². The molecule has 2 amide bonds. The number of nitrogens with one attached hydrogen (secondary N) is 2. The number of thioether (sulfide) groups is 1. The number of hydrogen-bond acceptors (Lipinski definition) is 4.